The first-order valence-corrected chi connectivity index (χ1v) is 13.4. The van der Waals surface area contributed by atoms with E-state index in [1.807, 2.05) is 49.7 Å². The first-order chi connectivity index (χ1) is 19.3. The highest BCUT2D eigenvalue weighted by molar-refractivity contribution is 5.92. The van der Waals surface area contributed by atoms with Crippen LogP contribution in [-0.2, 0) is 6.54 Å². The van der Waals surface area contributed by atoms with Gasteiger partial charge in [0, 0.05) is 42.3 Å². The summed E-state index contributed by atoms with van der Waals surface area (Å²) in [5.41, 5.74) is 7.72. The third-order valence-electron chi connectivity index (χ3n) is 7.56. The molecule has 0 saturated carbocycles. The molecular weight excluding hydrogens is 502 g/mol. The van der Waals surface area contributed by atoms with Crippen LogP contribution < -0.4 is 0 Å². The van der Waals surface area contributed by atoms with Crippen LogP contribution in [0, 0.1) is 13.8 Å². The van der Waals surface area contributed by atoms with Gasteiger partial charge < -0.3 is 5.11 Å². The molecule has 1 saturated heterocycles. The zero-order valence-corrected chi connectivity index (χ0v) is 22.7. The van der Waals surface area contributed by atoms with Crippen molar-refractivity contribution in [1.82, 2.24) is 44.5 Å². The second-order valence-corrected chi connectivity index (χ2v) is 10.9. The van der Waals surface area contributed by atoms with E-state index in [0.29, 0.717) is 18.0 Å². The molecule has 200 valence electrons. The number of aromatic nitrogens is 8. The summed E-state index contributed by atoms with van der Waals surface area (Å²) in [5.74, 6) is 0.611. The molecule has 5 aromatic heterocycles. The van der Waals surface area contributed by atoms with Crippen LogP contribution in [0.4, 0.5) is 0 Å². The Labute approximate surface area is 231 Å². The van der Waals surface area contributed by atoms with E-state index >= 15 is 0 Å². The van der Waals surface area contributed by atoms with Crippen molar-refractivity contribution in [2.45, 2.75) is 39.3 Å². The smallest absolute Gasteiger partial charge is 0.176 e. The van der Waals surface area contributed by atoms with E-state index in [1.165, 1.54) is 10.4 Å². The summed E-state index contributed by atoms with van der Waals surface area (Å²) in [7, 11) is 0. The molecule has 0 radical (unpaired) electrons. The quantitative estimate of drug-likeness (QED) is 0.353. The lowest BCUT2D eigenvalue weighted by atomic mass is 10.0. The molecule has 1 aliphatic rings. The number of rotatable bonds is 5. The fourth-order valence-electron chi connectivity index (χ4n) is 5.50. The SMILES string of the molecule is Cc1cnn(-c2ccc3c(-c4cnc5cc(-c6ccc(CN7CCC(C)(O)C7)cc6)c(C)nn45)ccnc3n2)n1. The monoisotopic (exact) mass is 531 g/mol. The Morgan fingerprint density at radius 1 is 0.950 bits per heavy atom. The van der Waals surface area contributed by atoms with E-state index in [2.05, 4.69) is 55.4 Å². The Bertz CT molecular complexity index is 1870. The Kier molecular flexibility index (Phi) is 5.69. The van der Waals surface area contributed by atoms with Crippen molar-refractivity contribution in [3.8, 4) is 28.2 Å². The molecule has 1 unspecified atom stereocenters. The maximum Gasteiger partial charge on any atom is 0.176 e. The molecule has 10 nitrogen and oxygen atoms in total. The molecule has 0 spiro atoms. The van der Waals surface area contributed by atoms with Crippen LogP contribution in [0.25, 0.3) is 44.9 Å². The summed E-state index contributed by atoms with van der Waals surface area (Å²) >= 11 is 0. The van der Waals surface area contributed by atoms with Crippen LogP contribution in [0.5, 0.6) is 0 Å². The van der Waals surface area contributed by atoms with Crippen LogP contribution in [0.1, 0.15) is 30.3 Å². The summed E-state index contributed by atoms with van der Waals surface area (Å²) in [5, 5.41) is 24.7. The van der Waals surface area contributed by atoms with Gasteiger partial charge in [-0.15, -0.1) is 4.80 Å². The van der Waals surface area contributed by atoms with Crippen LogP contribution in [0.3, 0.4) is 0 Å². The van der Waals surface area contributed by atoms with Crippen molar-refractivity contribution in [1.29, 1.82) is 0 Å². The molecular formula is C30H29N9O. The Hall–Kier alpha value is -4.54. The van der Waals surface area contributed by atoms with Gasteiger partial charge in [-0.25, -0.2) is 19.5 Å². The van der Waals surface area contributed by atoms with Crippen LogP contribution in [0.2, 0.25) is 0 Å². The Morgan fingerprint density at radius 3 is 2.55 bits per heavy atom. The molecule has 1 aromatic carbocycles. The zero-order chi connectivity index (χ0) is 27.4. The number of aliphatic hydroxyl groups is 1. The minimum Gasteiger partial charge on any atom is -0.389 e. The largest absolute Gasteiger partial charge is 0.389 e. The second-order valence-electron chi connectivity index (χ2n) is 10.9. The van der Waals surface area contributed by atoms with E-state index in [-0.39, 0.29) is 0 Å². The number of β-amino-alcohol motifs (C(OH)–C–C–N with tert-alkyl or cyclic N) is 1. The highest BCUT2D eigenvalue weighted by Gasteiger charge is 2.31. The topological polar surface area (TPSA) is 110 Å². The van der Waals surface area contributed by atoms with E-state index in [1.54, 1.807) is 12.4 Å². The average molecular weight is 532 g/mol. The number of fused-ring (bicyclic) bond motifs is 2. The van der Waals surface area contributed by atoms with Gasteiger partial charge in [0.25, 0.3) is 0 Å². The Morgan fingerprint density at radius 2 is 1.80 bits per heavy atom. The number of hydrogen-bond acceptors (Lipinski definition) is 8. The van der Waals surface area contributed by atoms with Crippen molar-refractivity contribution in [3.05, 3.63) is 84.1 Å². The van der Waals surface area contributed by atoms with Crippen LogP contribution in [-0.4, -0.2) is 68.3 Å². The van der Waals surface area contributed by atoms with Crippen molar-refractivity contribution in [2.75, 3.05) is 13.1 Å². The average Bonchev–Trinajstić information content (AvgIpc) is 3.66. The summed E-state index contributed by atoms with van der Waals surface area (Å²) in [4.78, 5) is 17.7. The van der Waals surface area contributed by atoms with E-state index in [4.69, 9.17) is 10.1 Å². The summed E-state index contributed by atoms with van der Waals surface area (Å²) in [6.45, 7) is 8.29. The van der Waals surface area contributed by atoms with Gasteiger partial charge in [0.15, 0.2) is 17.1 Å². The van der Waals surface area contributed by atoms with E-state index < -0.39 is 5.60 Å². The third kappa shape index (κ3) is 4.41. The molecule has 7 rings (SSSR count). The number of nitrogens with zero attached hydrogens (tertiary/aromatic N) is 9. The molecule has 6 aromatic rings. The first kappa shape index (κ1) is 24.5. The molecule has 6 heterocycles. The van der Waals surface area contributed by atoms with Gasteiger partial charge in [0.05, 0.1) is 35.1 Å². The first-order valence-electron chi connectivity index (χ1n) is 13.4. The van der Waals surface area contributed by atoms with Gasteiger partial charge in [-0.05, 0) is 62.6 Å². The van der Waals surface area contributed by atoms with Gasteiger partial charge in [0.1, 0.15) is 0 Å². The minimum atomic E-state index is -0.583. The van der Waals surface area contributed by atoms with Gasteiger partial charge in [0.2, 0.25) is 0 Å². The maximum atomic E-state index is 10.3. The van der Waals surface area contributed by atoms with Gasteiger partial charge in [-0.2, -0.15) is 15.3 Å². The molecule has 0 amide bonds. The molecule has 1 atom stereocenters. The fraction of sp³-hybridized carbons (Fsp3) is 0.267. The van der Waals surface area contributed by atoms with Crippen LogP contribution in [0.15, 0.2) is 67.1 Å². The second kappa shape index (κ2) is 9.29. The van der Waals surface area contributed by atoms with Crippen molar-refractivity contribution < 1.29 is 5.11 Å². The van der Waals surface area contributed by atoms with Gasteiger partial charge in [-0.1, -0.05) is 24.3 Å². The highest BCUT2D eigenvalue weighted by Crippen LogP contribution is 2.30. The van der Waals surface area contributed by atoms with E-state index in [0.717, 1.165) is 64.3 Å². The Balaban J connectivity index is 1.20. The zero-order valence-electron chi connectivity index (χ0n) is 22.7. The number of imidazole rings is 1. The summed E-state index contributed by atoms with van der Waals surface area (Å²) < 4.78 is 1.88. The van der Waals surface area contributed by atoms with Crippen molar-refractivity contribution in [3.63, 3.8) is 0 Å². The maximum absolute atomic E-state index is 10.3. The normalized spacial score (nSPS) is 17.8. The molecule has 10 heteroatoms. The highest BCUT2D eigenvalue weighted by atomic mass is 16.3. The fourth-order valence-corrected chi connectivity index (χ4v) is 5.50. The number of benzene rings is 1. The van der Waals surface area contributed by atoms with E-state index in [9.17, 15) is 5.11 Å². The molecule has 1 fully saturated rings. The van der Waals surface area contributed by atoms with Crippen molar-refractivity contribution >= 4 is 16.7 Å². The predicted molar refractivity (Wildman–Crippen MR) is 152 cm³/mol. The van der Waals surface area contributed by atoms with Gasteiger partial charge in [-0.3, -0.25) is 4.90 Å². The third-order valence-corrected chi connectivity index (χ3v) is 7.56. The molecule has 0 bridgehead atoms. The molecule has 40 heavy (non-hydrogen) atoms. The lowest BCUT2D eigenvalue weighted by Crippen LogP contribution is -2.29. The standard InChI is InChI=1S/C30H29N9O/c1-19-15-33-39(35-19)27-9-8-24-23(10-12-31-29(24)34-27)26-16-32-28-14-25(20(2)36-38(26)28)22-6-4-21(5-7-22)17-37-13-11-30(3,40)18-37/h4-10,12,14-16,40H,11,13,17-18H2,1-3H3. The predicted octanol–water partition coefficient (Wildman–Crippen LogP) is 4.16. The summed E-state index contributed by atoms with van der Waals surface area (Å²) in [6, 6.07) is 16.5. The minimum absolute atomic E-state index is 0.583. The van der Waals surface area contributed by atoms with Gasteiger partial charge >= 0.3 is 0 Å². The number of aryl methyl sites for hydroxylation is 2. The lowest BCUT2D eigenvalue weighted by Gasteiger charge is -2.19. The number of hydrogen-bond donors (Lipinski definition) is 1. The molecule has 1 N–H and O–H groups in total. The summed E-state index contributed by atoms with van der Waals surface area (Å²) in [6.07, 6.45) is 6.12. The number of pyridine rings is 2. The molecule has 1 aliphatic heterocycles. The van der Waals surface area contributed by atoms with Crippen molar-refractivity contribution in [2.24, 2.45) is 0 Å². The molecule has 0 aliphatic carbocycles. The van der Waals surface area contributed by atoms with Crippen LogP contribution >= 0.6 is 0 Å². The number of likely N-dealkylation sites (tertiary alicyclic amines) is 1. The lowest BCUT2D eigenvalue weighted by molar-refractivity contribution is 0.0679.